The predicted octanol–water partition coefficient (Wildman–Crippen LogP) is 0.561. The molecule has 0 saturated heterocycles. The molecule has 1 rings (SSSR count). The standard InChI is InChI=1S/C8H8ClNO6S2/c9-5-1-2-8(17-5)18(15,16)10(3-6(11)12)4-7(13)14/h1-2H,3-4H2,(H,11,12)(H,13,14). The lowest BCUT2D eigenvalue weighted by Crippen LogP contribution is -2.39. The molecule has 0 aliphatic heterocycles. The molecule has 0 aliphatic carbocycles. The van der Waals surface area contributed by atoms with Gasteiger partial charge in [-0.3, -0.25) is 9.59 Å². The minimum Gasteiger partial charge on any atom is -0.480 e. The Kier molecular flexibility index (Phi) is 4.68. The van der Waals surface area contributed by atoms with E-state index in [-0.39, 0.29) is 8.55 Å². The highest BCUT2D eigenvalue weighted by molar-refractivity contribution is 7.91. The maximum atomic E-state index is 12.0. The Morgan fingerprint density at radius 2 is 1.72 bits per heavy atom. The lowest BCUT2D eigenvalue weighted by atomic mass is 10.6. The molecule has 0 amide bonds. The van der Waals surface area contributed by atoms with Gasteiger partial charge in [-0.2, -0.15) is 4.31 Å². The van der Waals surface area contributed by atoms with Crippen LogP contribution in [0.4, 0.5) is 0 Å². The highest BCUT2D eigenvalue weighted by atomic mass is 35.5. The van der Waals surface area contributed by atoms with E-state index in [0.717, 1.165) is 11.3 Å². The van der Waals surface area contributed by atoms with Gasteiger partial charge in [0, 0.05) is 0 Å². The van der Waals surface area contributed by atoms with E-state index in [1.807, 2.05) is 0 Å². The van der Waals surface area contributed by atoms with Crippen molar-refractivity contribution in [2.24, 2.45) is 0 Å². The monoisotopic (exact) mass is 313 g/mol. The van der Waals surface area contributed by atoms with Gasteiger partial charge >= 0.3 is 11.9 Å². The van der Waals surface area contributed by atoms with E-state index in [0.29, 0.717) is 4.31 Å². The van der Waals surface area contributed by atoms with Crippen LogP contribution in [0.2, 0.25) is 4.34 Å². The van der Waals surface area contributed by atoms with Crippen molar-refractivity contribution < 1.29 is 28.2 Å². The number of nitrogens with zero attached hydrogens (tertiary/aromatic N) is 1. The van der Waals surface area contributed by atoms with Gasteiger partial charge in [-0.05, 0) is 12.1 Å². The molecule has 0 atom stereocenters. The average molecular weight is 314 g/mol. The summed E-state index contributed by atoms with van der Waals surface area (Å²) in [5.74, 6) is -2.88. The van der Waals surface area contributed by atoms with Crippen LogP contribution in [0.25, 0.3) is 0 Å². The molecule has 18 heavy (non-hydrogen) atoms. The largest absolute Gasteiger partial charge is 0.480 e. The fraction of sp³-hybridized carbons (Fsp3) is 0.250. The lowest BCUT2D eigenvalue weighted by molar-refractivity contribution is -0.139. The zero-order valence-corrected chi connectivity index (χ0v) is 11.1. The van der Waals surface area contributed by atoms with Crippen LogP contribution in [-0.2, 0) is 19.6 Å². The molecule has 0 saturated carbocycles. The highest BCUT2D eigenvalue weighted by Crippen LogP contribution is 2.27. The van der Waals surface area contributed by atoms with Crippen LogP contribution in [0.3, 0.4) is 0 Å². The second kappa shape index (κ2) is 5.65. The molecular weight excluding hydrogens is 306 g/mol. The molecule has 100 valence electrons. The van der Waals surface area contributed by atoms with Gasteiger partial charge < -0.3 is 10.2 Å². The van der Waals surface area contributed by atoms with Gasteiger partial charge in [-0.1, -0.05) is 11.6 Å². The third kappa shape index (κ3) is 3.67. The van der Waals surface area contributed by atoms with Gasteiger partial charge in [0.1, 0.15) is 17.3 Å². The summed E-state index contributed by atoms with van der Waals surface area (Å²) in [4.78, 5) is 21.1. The number of aliphatic carboxylic acids is 2. The van der Waals surface area contributed by atoms with E-state index in [9.17, 15) is 18.0 Å². The summed E-state index contributed by atoms with van der Waals surface area (Å²) in [5, 5.41) is 17.2. The predicted molar refractivity (Wildman–Crippen MR) is 63.4 cm³/mol. The van der Waals surface area contributed by atoms with Crippen LogP contribution in [0.5, 0.6) is 0 Å². The molecule has 2 N–H and O–H groups in total. The minimum absolute atomic E-state index is 0.199. The number of carboxylic acid groups (broad SMARTS) is 2. The average Bonchev–Trinajstić information content (AvgIpc) is 2.63. The van der Waals surface area contributed by atoms with Crippen molar-refractivity contribution in [2.75, 3.05) is 13.1 Å². The Morgan fingerprint density at radius 3 is 2.06 bits per heavy atom. The summed E-state index contributed by atoms with van der Waals surface area (Å²) < 4.78 is 24.3. The first kappa shape index (κ1) is 14.9. The van der Waals surface area contributed by atoms with Crippen LogP contribution in [-0.4, -0.2) is 48.0 Å². The molecule has 0 bridgehead atoms. The summed E-state index contributed by atoms with van der Waals surface area (Å²) >= 11 is 6.31. The number of carbonyl (C=O) groups is 2. The number of halogens is 1. The summed E-state index contributed by atoms with van der Waals surface area (Å²) in [6.07, 6.45) is 0. The molecule has 0 aromatic carbocycles. The first-order valence-electron chi connectivity index (χ1n) is 4.42. The molecule has 0 radical (unpaired) electrons. The van der Waals surface area contributed by atoms with Gasteiger partial charge in [0.2, 0.25) is 0 Å². The fourth-order valence-electron chi connectivity index (χ4n) is 1.09. The number of rotatable bonds is 6. The van der Waals surface area contributed by atoms with E-state index in [1.165, 1.54) is 12.1 Å². The van der Waals surface area contributed by atoms with Crippen LogP contribution in [0.15, 0.2) is 16.3 Å². The Hall–Kier alpha value is -1.16. The Morgan fingerprint density at radius 1 is 1.22 bits per heavy atom. The Labute approximate surface area is 111 Å². The van der Waals surface area contributed by atoms with Crippen molar-refractivity contribution in [3.05, 3.63) is 16.5 Å². The van der Waals surface area contributed by atoms with Gasteiger partial charge in [-0.15, -0.1) is 11.3 Å². The van der Waals surface area contributed by atoms with Crippen molar-refractivity contribution in [1.82, 2.24) is 4.31 Å². The van der Waals surface area contributed by atoms with Crippen molar-refractivity contribution in [2.45, 2.75) is 4.21 Å². The summed E-state index contributed by atoms with van der Waals surface area (Å²) in [5.41, 5.74) is 0. The van der Waals surface area contributed by atoms with E-state index in [4.69, 9.17) is 21.8 Å². The number of hydrogen-bond acceptors (Lipinski definition) is 5. The third-order valence-electron chi connectivity index (χ3n) is 1.77. The summed E-state index contributed by atoms with van der Waals surface area (Å²) in [6, 6.07) is 2.53. The normalized spacial score (nSPS) is 11.7. The van der Waals surface area contributed by atoms with Gasteiger partial charge in [-0.25, -0.2) is 8.42 Å². The Bertz CT molecular complexity index is 550. The SMILES string of the molecule is O=C(O)CN(CC(=O)O)S(=O)(=O)c1ccc(Cl)s1. The minimum atomic E-state index is -4.16. The zero-order valence-electron chi connectivity index (χ0n) is 8.74. The topological polar surface area (TPSA) is 112 Å². The van der Waals surface area contributed by atoms with Crippen molar-refractivity contribution in [3.63, 3.8) is 0 Å². The van der Waals surface area contributed by atoms with Crippen LogP contribution >= 0.6 is 22.9 Å². The molecule has 10 heteroatoms. The van der Waals surface area contributed by atoms with Crippen molar-refractivity contribution in [1.29, 1.82) is 0 Å². The first-order valence-corrected chi connectivity index (χ1v) is 7.06. The summed E-state index contributed by atoms with van der Waals surface area (Å²) in [6.45, 7) is -1.85. The lowest BCUT2D eigenvalue weighted by Gasteiger charge is -2.16. The zero-order chi connectivity index (χ0) is 13.9. The highest BCUT2D eigenvalue weighted by Gasteiger charge is 2.29. The van der Waals surface area contributed by atoms with Crippen molar-refractivity contribution in [3.8, 4) is 0 Å². The molecule has 1 aromatic heterocycles. The first-order chi connectivity index (χ1) is 8.23. The molecule has 0 fully saturated rings. The maximum absolute atomic E-state index is 12.0. The molecule has 1 aromatic rings. The van der Waals surface area contributed by atoms with Crippen LogP contribution in [0.1, 0.15) is 0 Å². The maximum Gasteiger partial charge on any atom is 0.318 e. The molecule has 1 heterocycles. The third-order valence-corrected chi connectivity index (χ3v) is 5.26. The van der Waals surface area contributed by atoms with Crippen LogP contribution in [0, 0.1) is 0 Å². The molecule has 7 nitrogen and oxygen atoms in total. The van der Waals surface area contributed by atoms with Crippen molar-refractivity contribution >= 4 is 44.9 Å². The van der Waals surface area contributed by atoms with Gasteiger partial charge in [0.25, 0.3) is 10.0 Å². The van der Waals surface area contributed by atoms with E-state index < -0.39 is 35.1 Å². The molecular formula is C8H8ClNO6S2. The number of thiophene rings is 1. The van der Waals surface area contributed by atoms with Gasteiger partial charge in [0.05, 0.1) is 4.34 Å². The number of hydrogen-bond donors (Lipinski definition) is 2. The number of carboxylic acids is 2. The second-order valence-electron chi connectivity index (χ2n) is 3.12. The quantitative estimate of drug-likeness (QED) is 0.793. The molecule has 0 spiro atoms. The summed E-state index contributed by atoms with van der Waals surface area (Å²) in [7, 11) is -4.16. The molecule has 0 unspecified atom stereocenters. The van der Waals surface area contributed by atoms with Crippen LogP contribution < -0.4 is 0 Å². The van der Waals surface area contributed by atoms with E-state index in [2.05, 4.69) is 0 Å². The van der Waals surface area contributed by atoms with E-state index >= 15 is 0 Å². The second-order valence-corrected chi connectivity index (χ2v) is 7.00. The smallest absolute Gasteiger partial charge is 0.318 e. The fourth-order valence-corrected chi connectivity index (χ4v) is 4.07. The van der Waals surface area contributed by atoms with Gasteiger partial charge in [0.15, 0.2) is 0 Å². The molecule has 0 aliphatic rings. The Balaban J connectivity index is 3.10. The van der Waals surface area contributed by atoms with E-state index in [1.54, 1.807) is 0 Å². The number of sulfonamides is 1.